The van der Waals surface area contributed by atoms with Gasteiger partial charge in [-0.15, -0.1) is 0 Å². The molecule has 15 heavy (non-hydrogen) atoms. The van der Waals surface area contributed by atoms with Gasteiger partial charge in [0.1, 0.15) is 11.6 Å². The molecule has 0 heterocycles. The van der Waals surface area contributed by atoms with Crippen molar-refractivity contribution in [1.82, 2.24) is 5.32 Å². The quantitative estimate of drug-likeness (QED) is 0.805. The Morgan fingerprint density at radius 1 is 1.40 bits per heavy atom. The summed E-state index contributed by atoms with van der Waals surface area (Å²) in [7, 11) is 0. The van der Waals surface area contributed by atoms with E-state index in [1.54, 1.807) is 6.92 Å². The number of aliphatic hydroxyl groups excluding tert-OH is 1. The molecule has 1 rings (SSSR count). The summed E-state index contributed by atoms with van der Waals surface area (Å²) in [6.45, 7) is 4.32. The van der Waals surface area contributed by atoms with E-state index in [2.05, 4.69) is 5.32 Å². The number of likely N-dealkylation sites (N-methyl/N-ethyl adjacent to an activating group) is 1. The summed E-state index contributed by atoms with van der Waals surface area (Å²) >= 11 is 0. The van der Waals surface area contributed by atoms with Crippen LogP contribution in [-0.4, -0.2) is 17.7 Å². The Morgan fingerprint density at radius 3 is 2.60 bits per heavy atom. The van der Waals surface area contributed by atoms with E-state index in [0.717, 1.165) is 12.1 Å². The maximum absolute atomic E-state index is 13.3. The Bertz CT molecular complexity index is 330. The predicted molar refractivity (Wildman–Crippen MR) is 54.5 cm³/mol. The molecular formula is C11H15F2NO. The molecule has 4 heteroatoms. The highest BCUT2D eigenvalue weighted by molar-refractivity contribution is 5.21. The molecule has 2 unspecified atom stereocenters. The van der Waals surface area contributed by atoms with E-state index in [0.29, 0.717) is 6.54 Å². The summed E-state index contributed by atoms with van der Waals surface area (Å²) < 4.78 is 25.9. The molecular weight excluding hydrogens is 200 g/mol. The minimum absolute atomic E-state index is 0.116. The van der Waals surface area contributed by atoms with Gasteiger partial charge in [0.2, 0.25) is 0 Å². The molecule has 0 radical (unpaired) electrons. The van der Waals surface area contributed by atoms with Crippen LogP contribution in [0.15, 0.2) is 18.2 Å². The summed E-state index contributed by atoms with van der Waals surface area (Å²) in [5.41, 5.74) is 0.116. The number of aliphatic hydroxyl groups is 1. The molecule has 0 saturated carbocycles. The second-order valence-corrected chi connectivity index (χ2v) is 3.46. The van der Waals surface area contributed by atoms with Crippen molar-refractivity contribution in [3.63, 3.8) is 0 Å². The lowest BCUT2D eigenvalue weighted by molar-refractivity contribution is 0.133. The Balaban J connectivity index is 2.86. The molecule has 0 spiro atoms. The number of rotatable bonds is 4. The molecule has 2 N–H and O–H groups in total. The highest BCUT2D eigenvalue weighted by atomic mass is 19.1. The van der Waals surface area contributed by atoms with E-state index < -0.39 is 17.7 Å². The van der Waals surface area contributed by atoms with E-state index in [9.17, 15) is 13.9 Å². The van der Waals surface area contributed by atoms with Crippen LogP contribution in [0.3, 0.4) is 0 Å². The van der Waals surface area contributed by atoms with Crippen molar-refractivity contribution in [2.24, 2.45) is 0 Å². The van der Waals surface area contributed by atoms with Crippen LogP contribution in [0.5, 0.6) is 0 Å². The number of hydrogen-bond donors (Lipinski definition) is 2. The molecule has 0 fully saturated rings. The minimum atomic E-state index is -0.967. The van der Waals surface area contributed by atoms with Gasteiger partial charge in [0.05, 0.1) is 6.10 Å². The average Bonchev–Trinajstić information content (AvgIpc) is 2.17. The first-order valence-electron chi connectivity index (χ1n) is 4.92. The van der Waals surface area contributed by atoms with Gasteiger partial charge >= 0.3 is 0 Å². The third-order valence-corrected chi connectivity index (χ3v) is 2.28. The summed E-state index contributed by atoms with van der Waals surface area (Å²) in [5, 5.41) is 12.7. The van der Waals surface area contributed by atoms with Crippen molar-refractivity contribution in [2.45, 2.75) is 26.0 Å². The van der Waals surface area contributed by atoms with Crippen molar-refractivity contribution in [2.75, 3.05) is 6.54 Å². The molecule has 0 aromatic heterocycles. The molecule has 84 valence electrons. The summed E-state index contributed by atoms with van der Waals surface area (Å²) in [4.78, 5) is 0. The average molecular weight is 215 g/mol. The molecule has 0 aliphatic carbocycles. The predicted octanol–water partition coefficient (Wildman–Crippen LogP) is 2.00. The van der Waals surface area contributed by atoms with Gasteiger partial charge in [-0.25, -0.2) is 8.78 Å². The number of benzene rings is 1. The molecule has 0 aliphatic rings. The SMILES string of the molecule is CCNC(C)C(O)c1ccc(F)cc1F. The highest BCUT2D eigenvalue weighted by Crippen LogP contribution is 2.20. The van der Waals surface area contributed by atoms with Gasteiger partial charge in [0.15, 0.2) is 0 Å². The van der Waals surface area contributed by atoms with Crippen molar-refractivity contribution in [3.8, 4) is 0 Å². The molecule has 1 aromatic rings. The van der Waals surface area contributed by atoms with Crippen LogP contribution in [0.4, 0.5) is 8.78 Å². The lowest BCUT2D eigenvalue weighted by Crippen LogP contribution is -2.32. The maximum Gasteiger partial charge on any atom is 0.131 e. The Hall–Kier alpha value is -1.00. The Morgan fingerprint density at radius 2 is 2.07 bits per heavy atom. The van der Waals surface area contributed by atoms with Gasteiger partial charge < -0.3 is 10.4 Å². The smallest absolute Gasteiger partial charge is 0.131 e. The summed E-state index contributed by atoms with van der Waals surface area (Å²) in [6.07, 6.45) is -0.967. The number of nitrogens with one attached hydrogen (secondary N) is 1. The van der Waals surface area contributed by atoms with E-state index in [1.165, 1.54) is 6.07 Å². The van der Waals surface area contributed by atoms with E-state index in [1.807, 2.05) is 6.92 Å². The lowest BCUT2D eigenvalue weighted by atomic mass is 10.0. The molecule has 0 bridgehead atoms. The standard InChI is InChI=1S/C11H15F2NO/c1-3-14-7(2)11(15)9-5-4-8(12)6-10(9)13/h4-7,11,14-15H,3H2,1-2H3. The molecule has 0 aliphatic heterocycles. The van der Waals surface area contributed by atoms with E-state index >= 15 is 0 Å². The second-order valence-electron chi connectivity index (χ2n) is 3.46. The van der Waals surface area contributed by atoms with Gasteiger partial charge in [-0.2, -0.15) is 0 Å². The molecule has 0 saturated heterocycles. The number of halogens is 2. The Kier molecular flexibility index (Phi) is 4.17. The van der Waals surface area contributed by atoms with Crippen molar-refractivity contribution >= 4 is 0 Å². The molecule has 1 aromatic carbocycles. The first kappa shape index (κ1) is 12.1. The van der Waals surface area contributed by atoms with E-state index in [4.69, 9.17) is 0 Å². The van der Waals surface area contributed by atoms with Gasteiger partial charge in [0.25, 0.3) is 0 Å². The van der Waals surface area contributed by atoms with Crippen LogP contribution >= 0.6 is 0 Å². The largest absolute Gasteiger partial charge is 0.387 e. The lowest BCUT2D eigenvalue weighted by Gasteiger charge is -2.20. The van der Waals surface area contributed by atoms with Crippen LogP contribution in [0.25, 0.3) is 0 Å². The summed E-state index contributed by atoms with van der Waals surface area (Å²) in [6, 6.07) is 2.91. The van der Waals surface area contributed by atoms with Crippen LogP contribution in [0.2, 0.25) is 0 Å². The van der Waals surface area contributed by atoms with E-state index in [-0.39, 0.29) is 11.6 Å². The monoisotopic (exact) mass is 215 g/mol. The highest BCUT2D eigenvalue weighted by Gasteiger charge is 2.19. The third-order valence-electron chi connectivity index (χ3n) is 2.28. The third kappa shape index (κ3) is 2.97. The van der Waals surface area contributed by atoms with Gasteiger partial charge in [-0.05, 0) is 19.5 Å². The maximum atomic E-state index is 13.3. The van der Waals surface area contributed by atoms with Gasteiger partial charge in [0, 0.05) is 17.7 Å². The molecule has 2 atom stereocenters. The van der Waals surface area contributed by atoms with Gasteiger partial charge in [-0.3, -0.25) is 0 Å². The van der Waals surface area contributed by atoms with Crippen LogP contribution in [-0.2, 0) is 0 Å². The summed E-state index contributed by atoms with van der Waals surface area (Å²) in [5.74, 6) is -1.35. The Labute approximate surface area is 87.9 Å². The topological polar surface area (TPSA) is 32.3 Å². The zero-order valence-electron chi connectivity index (χ0n) is 8.80. The zero-order chi connectivity index (χ0) is 11.4. The fourth-order valence-electron chi connectivity index (χ4n) is 1.44. The van der Waals surface area contributed by atoms with Crippen LogP contribution in [0, 0.1) is 11.6 Å². The normalized spacial score (nSPS) is 15.0. The fraction of sp³-hybridized carbons (Fsp3) is 0.455. The van der Waals surface area contributed by atoms with Gasteiger partial charge in [-0.1, -0.05) is 13.0 Å². The zero-order valence-corrected chi connectivity index (χ0v) is 8.80. The minimum Gasteiger partial charge on any atom is -0.387 e. The van der Waals surface area contributed by atoms with Crippen LogP contribution in [0.1, 0.15) is 25.5 Å². The first-order valence-corrected chi connectivity index (χ1v) is 4.92. The fourth-order valence-corrected chi connectivity index (χ4v) is 1.44. The molecule has 2 nitrogen and oxygen atoms in total. The van der Waals surface area contributed by atoms with Crippen LogP contribution < -0.4 is 5.32 Å². The number of hydrogen-bond acceptors (Lipinski definition) is 2. The molecule has 0 amide bonds. The second kappa shape index (κ2) is 5.19. The first-order chi connectivity index (χ1) is 7.06. The van der Waals surface area contributed by atoms with Crippen molar-refractivity contribution in [3.05, 3.63) is 35.4 Å². The van der Waals surface area contributed by atoms with Crippen molar-refractivity contribution < 1.29 is 13.9 Å². The van der Waals surface area contributed by atoms with Crippen molar-refractivity contribution in [1.29, 1.82) is 0 Å².